The second-order valence-electron chi connectivity index (χ2n) is 1.58. The average Bonchev–Trinajstić information content (AvgIpc) is 2.33. The third-order valence-corrected chi connectivity index (χ3v) is 1.05. The van der Waals surface area contributed by atoms with Gasteiger partial charge in [0.1, 0.15) is 0 Å². The predicted molar refractivity (Wildman–Crippen MR) is 32.6 cm³/mol. The Bertz CT molecular complexity index is 229. The van der Waals surface area contributed by atoms with Gasteiger partial charge in [0.2, 0.25) is 0 Å². The summed E-state index contributed by atoms with van der Waals surface area (Å²) in [5, 5.41) is 8.58. The molecule has 0 aliphatic carbocycles. The molecule has 0 saturated heterocycles. The van der Waals surface area contributed by atoms with E-state index in [1.54, 1.807) is 6.07 Å². The summed E-state index contributed by atoms with van der Waals surface area (Å²) in [7, 11) is 0. The Kier molecular flexibility index (Phi) is 1.57. The van der Waals surface area contributed by atoms with E-state index in [0.717, 1.165) is 0 Å². The van der Waals surface area contributed by atoms with Crippen molar-refractivity contribution in [1.29, 1.82) is 0 Å². The average molecular weight is 122 g/mol. The van der Waals surface area contributed by atoms with Crippen LogP contribution < -0.4 is 0 Å². The van der Waals surface area contributed by atoms with E-state index < -0.39 is 0 Å². The molecule has 0 aliphatic heterocycles. The summed E-state index contributed by atoms with van der Waals surface area (Å²) in [5.74, 6) is 2.71. The van der Waals surface area contributed by atoms with Crippen molar-refractivity contribution < 1.29 is 9.52 Å². The third-order valence-electron chi connectivity index (χ3n) is 1.05. The molecule has 0 atom stereocenters. The van der Waals surface area contributed by atoms with Crippen molar-refractivity contribution in [3.05, 3.63) is 23.7 Å². The molecular weight excluding hydrogens is 116 g/mol. The Labute approximate surface area is 53.1 Å². The minimum Gasteiger partial charge on any atom is -0.456 e. The number of terminal acetylenes is 1. The van der Waals surface area contributed by atoms with Crippen LogP contribution in [0.1, 0.15) is 11.3 Å². The number of aliphatic hydroxyl groups excluding tert-OH is 1. The lowest BCUT2D eigenvalue weighted by atomic mass is 10.3. The molecule has 0 aromatic carbocycles. The van der Waals surface area contributed by atoms with Crippen molar-refractivity contribution in [2.45, 2.75) is 6.61 Å². The van der Waals surface area contributed by atoms with E-state index >= 15 is 0 Å². The zero-order valence-corrected chi connectivity index (χ0v) is 4.79. The Hall–Kier alpha value is -1.20. The molecule has 1 aromatic rings. The molecule has 46 valence electrons. The van der Waals surface area contributed by atoms with Crippen LogP contribution >= 0.6 is 0 Å². The van der Waals surface area contributed by atoms with Gasteiger partial charge < -0.3 is 9.52 Å². The van der Waals surface area contributed by atoms with E-state index in [-0.39, 0.29) is 6.61 Å². The molecular formula is C7H6O2. The molecule has 0 aliphatic rings. The summed E-state index contributed by atoms with van der Waals surface area (Å²) >= 11 is 0. The van der Waals surface area contributed by atoms with Crippen LogP contribution in [0, 0.1) is 12.3 Å². The van der Waals surface area contributed by atoms with Crippen LogP contribution in [-0.2, 0) is 6.61 Å². The number of hydrogen-bond acceptors (Lipinski definition) is 2. The monoisotopic (exact) mass is 122 g/mol. The molecule has 0 unspecified atom stereocenters. The summed E-state index contributed by atoms with van der Waals surface area (Å²) in [6.07, 6.45) is 6.47. The maximum absolute atomic E-state index is 8.58. The van der Waals surface area contributed by atoms with Gasteiger partial charge in [0.15, 0.2) is 5.76 Å². The zero-order chi connectivity index (χ0) is 6.69. The molecule has 1 aromatic heterocycles. The summed E-state index contributed by atoms with van der Waals surface area (Å²) in [6, 6.07) is 1.65. The van der Waals surface area contributed by atoms with Gasteiger partial charge in [-0.1, -0.05) is 0 Å². The summed E-state index contributed by atoms with van der Waals surface area (Å²) in [5.41, 5.74) is 0.664. The fourth-order valence-electron chi connectivity index (χ4n) is 0.587. The Morgan fingerprint density at radius 2 is 2.56 bits per heavy atom. The number of rotatable bonds is 1. The molecule has 1 N–H and O–H groups in total. The lowest BCUT2D eigenvalue weighted by molar-refractivity contribution is 0.280. The molecule has 0 amide bonds. The normalized spacial score (nSPS) is 8.89. The number of hydrogen-bond donors (Lipinski definition) is 1. The fraction of sp³-hybridized carbons (Fsp3) is 0.143. The second kappa shape index (κ2) is 2.38. The number of furan rings is 1. The second-order valence-corrected chi connectivity index (χ2v) is 1.58. The van der Waals surface area contributed by atoms with Gasteiger partial charge in [0.25, 0.3) is 0 Å². The molecule has 2 heteroatoms. The Balaban J connectivity index is 3.02. The maximum atomic E-state index is 8.58. The molecule has 9 heavy (non-hydrogen) atoms. The fourth-order valence-corrected chi connectivity index (χ4v) is 0.587. The number of aliphatic hydroxyl groups is 1. The predicted octanol–water partition coefficient (Wildman–Crippen LogP) is 0.753. The van der Waals surface area contributed by atoms with Crippen LogP contribution in [0.3, 0.4) is 0 Å². The van der Waals surface area contributed by atoms with E-state index in [4.69, 9.17) is 15.9 Å². The van der Waals surface area contributed by atoms with Crippen LogP contribution in [0.5, 0.6) is 0 Å². The van der Waals surface area contributed by atoms with Gasteiger partial charge >= 0.3 is 0 Å². The highest BCUT2D eigenvalue weighted by Gasteiger charge is 1.98. The molecule has 0 spiro atoms. The van der Waals surface area contributed by atoms with Crippen molar-refractivity contribution in [3.63, 3.8) is 0 Å². The summed E-state index contributed by atoms with van der Waals surface area (Å²) in [6.45, 7) is -0.0595. The summed E-state index contributed by atoms with van der Waals surface area (Å²) < 4.78 is 4.81. The van der Waals surface area contributed by atoms with E-state index in [9.17, 15) is 0 Å². The van der Waals surface area contributed by atoms with Crippen LogP contribution in [0.4, 0.5) is 0 Å². The van der Waals surface area contributed by atoms with Gasteiger partial charge in [-0.05, 0) is 12.0 Å². The standard InChI is InChI=1S/C7H6O2/c1-2-7-6(5-8)3-4-9-7/h1,3-4,8H,5H2. The molecule has 0 bridgehead atoms. The van der Waals surface area contributed by atoms with Gasteiger partial charge in [0, 0.05) is 5.56 Å². The first kappa shape index (κ1) is 5.93. The van der Waals surface area contributed by atoms with Crippen molar-refractivity contribution in [3.8, 4) is 12.3 Å². The van der Waals surface area contributed by atoms with Crippen LogP contribution in [0.15, 0.2) is 16.7 Å². The lowest BCUT2D eigenvalue weighted by Crippen LogP contribution is -1.80. The highest BCUT2D eigenvalue weighted by atomic mass is 16.3. The lowest BCUT2D eigenvalue weighted by Gasteiger charge is -1.85. The van der Waals surface area contributed by atoms with E-state index in [1.807, 2.05) is 0 Å². The first-order valence-electron chi connectivity index (χ1n) is 2.52. The van der Waals surface area contributed by atoms with Crippen LogP contribution in [0.25, 0.3) is 0 Å². The Morgan fingerprint density at radius 1 is 1.78 bits per heavy atom. The first-order chi connectivity index (χ1) is 4.38. The minimum atomic E-state index is -0.0595. The first-order valence-corrected chi connectivity index (χ1v) is 2.52. The quantitative estimate of drug-likeness (QED) is 0.557. The van der Waals surface area contributed by atoms with Crippen molar-refractivity contribution in [1.82, 2.24) is 0 Å². The zero-order valence-electron chi connectivity index (χ0n) is 4.79. The topological polar surface area (TPSA) is 33.4 Å². The van der Waals surface area contributed by atoms with Gasteiger partial charge in [-0.2, -0.15) is 0 Å². The van der Waals surface area contributed by atoms with Crippen LogP contribution in [-0.4, -0.2) is 5.11 Å². The highest BCUT2D eigenvalue weighted by molar-refractivity contribution is 5.30. The van der Waals surface area contributed by atoms with E-state index in [1.165, 1.54) is 6.26 Å². The molecule has 0 saturated carbocycles. The smallest absolute Gasteiger partial charge is 0.181 e. The molecule has 0 fully saturated rings. The summed E-state index contributed by atoms with van der Waals surface area (Å²) in [4.78, 5) is 0. The Morgan fingerprint density at radius 3 is 3.00 bits per heavy atom. The van der Waals surface area contributed by atoms with Gasteiger partial charge in [-0.15, -0.1) is 6.42 Å². The van der Waals surface area contributed by atoms with Crippen molar-refractivity contribution in [2.75, 3.05) is 0 Å². The van der Waals surface area contributed by atoms with Gasteiger partial charge in [0.05, 0.1) is 12.9 Å². The van der Waals surface area contributed by atoms with Crippen molar-refractivity contribution in [2.24, 2.45) is 0 Å². The maximum Gasteiger partial charge on any atom is 0.181 e. The molecule has 0 radical (unpaired) electrons. The third kappa shape index (κ3) is 0.956. The molecule has 1 heterocycles. The van der Waals surface area contributed by atoms with E-state index in [2.05, 4.69) is 5.92 Å². The van der Waals surface area contributed by atoms with Gasteiger partial charge in [-0.3, -0.25) is 0 Å². The van der Waals surface area contributed by atoms with E-state index in [0.29, 0.717) is 11.3 Å². The molecule has 1 rings (SSSR count). The van der Waals surface area contributed by atoms with Crippen LogP contribution in [0.2, 0.25) is 0 Å². The molecule has 2 nitrogen and oxygen atoms in total. The minimum absolute atomic E-state index is 0.0595. The highest BCUT2D eigenvalue weighted by Crippen LogP contribution is 2.07. The SMILES string of the molecule is C#Cc1occc1CO. The van der Waals surface area contributed by atoms with Crippen molar-refractivity contribution >= 4 is 0 Å². The van der Waals surface area contributed by atoms with Gasteiger partial charge in [-0.25, -0.2) is 0 Å². The largest absolute Gasteiger partial charge is 0.456 e.